The van der Waals surface area contributed by atoms with Crippen LogP contribution in [0.15, 0.2) is 24.3 Å². The van der Waals surface area contributed by atoms with Gasteiger partial charge in [0.1, 0.15) is 0 Å². The number of hydrogen-bond donors (Lipinski definition) is 2. The van der Waals surface area contributed by atoms with Crippen LogP contribution in [0.25, 0.3) is 0 Å². The van der Waals surface area contributed by atoms with Crippen LogP contribution in [0.2, 0.25) is 0 Å². The number of hydrogen-bond acceptors (Lipinski definition) is 3. The van der Waals surface area contributed by atoms with Gasteiger partial charge in [0.2, 0.25) is 11.8 Å². The SMILES string of the molecule is CC(C)CNC(=O)C1CCCN(C(=O)c2cccc(NC(=O)C(C)C)c2)C1. The van der Waals surface area contributed by atoms with Gasteiger partial charge in [0.15, 0.2) is 0 Å². The molecule has 1 saturated heterocycles. The number of carbonyl (C=O) groups excluding carboxylic acids is 3. The molecule has 27 heavy (non-hydrogen) atoms. The molecule has 0 saturated carbocycles. The molecule has 0 radical (unpaired) electrons. The first-order valence-corrected chi connectivity index (χ1v) is 9.75. The Bertz CT molecular complexity index is 685. The largest absolute Gasteiger partial charge is 0.356 e. The minimum Gasteiger partial charge on any atom is -0.356 e. The highest BCUT2D eigenvalue weighted by Gasteiger charge is 2.29. The summed E-state index contributed by atoms with van der Waals surface area (Å²) in [5.74, 6) is -0.0449. The molecule has 1 atom stereocenters. The number of likely N-dealkylation sites (tertiary alicyclic amines) is 1. The Kier molecular flexibility index (Phi) is 7.39. The van der Waals surface area contributed by atoms with Gasteiger partial charge in [-0.15, -0.1) is 0 Å². The lowest BCUT2D eigenvalue weighted by atomic mass is 9.96. The molecule has 1 aliphatic heterocycles. The normalized spacial score (nSPS) is 17.1. The number of benzene rings is 1. The van der Waals surface area contributed by atoms with Crippen molar-refractivity contribution in [3.8, 4) is 0 Å². The fraction of sp³-hybridized carbons (Fsp3) is 0.571. The van der Waals surface area contributed by atoms with Crippen LogP contribution < -0.4 is 10.6 Å². The van der Waals surface area contributed by atoms with E-state index in [1.54, 1.807) is 29.2 Å². The van der Waals surface area contributed by atoms with Gasteiger partial charge in [-0.05, 0) is 37.0 Å². The minimum absolute atomic E-state index is 0.0270. The summed E-state index contributed by atoms with van der Waals surface area (Å²) in [6.45, 7) is 9.50. The van der Waals surface area contributed by atoms with Crippen molar-refractivity contribution in [3.63, 3.8) is 0 Å². The number of nitrogens with zero attached hydrogens (tertiary/aromatic N) is 1. The lowest BCUT2D eigenvalue weighted by Gasteiger charge is -2.32. The van der Waals surface area contributed by atoms with Crippen molar-refractivity contribution in [2.24, 2.45) is 17.8 Å². The summed E-state index contributed by atoms with van der Waals surface area (Å²) in [6.07, 6.45) is 1.62. The highest BCUT2D eigenvalue weighted by atomic mass is 16.2. The molecule has 1 aromatic rings. The lowest BCUT2D eigenvalue weighted by Crippen LogP contribution is -2.46. The molecule has 148 valence electrons. The first kappa shape index (κ1) is 20.9. The quantitative estimate of drug-likeness (QED) is 0.805. The molecule has 1 heterocycles. The van der Waals surface area contributed by atoms with Crippen LogP contribution in [0.1, 0.15) is 50.9 Å². The fourth-order valence-electron chi connectivity index (χ4n) is 3.02. The van der Waals surface area contributed by atoms with Gasteiger partial charge in [0.25, 0.3) is 5.91 Å². The molecule has 1 unspecified atom stereocenters. The minimum atomic E-state index is -0.162. The summed E-state index contributed by atoms with van der Waals surface area (Å²) in [4.78, 5) is 38.9. The van der Waals surface area contributed by atoms with Crippen LogP contribution in [0.4, 0.5) is 5.69 Å². The number of piperidine rings is 1. The van der Waals surface area contributed by atoms with Crippen molar-refractivity contribution < 1.29 is 14.4 Å². The maximum Gasteiger partial charge on any atom is 0.253 e. The van der Waals surface area contributed by atoms with E-state index < -0.39 is 0 Å². The smallest absolute Gasteiger partial charge is 0.253 e. The summed E-state index contributed by atoms with van der Waals surface area (Å²) in [5.41, 5.74) is 1.14. The predicted molar refractivity (Wildman–Crippen MR) is 106 cm³/mol. The van der Waals surface area contributed by atoms with Crippen molar-refractivity contribution in [3.05, 3.63) is 29.8 Å². The van der Waals surface area contributed by atoms with Crippen molar-refractivity contribution in [1.29, 1.82) is 0 Å². The van der Waals surface area contributed by atoms with E-state index >= 15 is 0 Å². The molecule has 3 amide bonds. The number of carbonyl (C=O) groups is 3. The zero-order chi connectivity index (χ0) is 20.0. The number of amides is 3. The third-order valence-electron chi connectivity index (χ3n) is 4.67. The summed E-state index contributed by atoms with van der Waals surface area (Å²) in [6, 6.07) is 6.98. The second-order valence-electron chi connectivity index (χ2n) is 7.95. The molecule has 1 fully saturated rings. The van der Waals surface area contributed by atoms with Gasteiger partial charge in [0.05, 0.1) is 5.92 Å². The number of rotatable bonds is 6. The second kappa shape index (κ2) is 9.53. The topological polar surface area (TPSA) is 78.5 Å². The molecule has 0 aromatic heterocycles. The van der Waals surface area contributed by atoms with Crippen LogP contribution >= 0.6 is 0 Å². The van der Waals surface area contributed by atoms with Gasteiger partial charge >= 0.3 is 0 Å². The average molecular weight is 373 g/mol. The Morgan fingerprint density at radius 3 is 2.59 bits per heavy atom. The first-order chi connectivity index (χ1) is 12.8. The summed E-state index contributed by atoms with van der Waals surface area (Å²) in [5, 5.41) is 5.79. The number of nitrogens with one attached hydrogen (secondary N) is 2. The first-order valence-electron chi connectivity index (χ1n) is 9.75. The molecule has 0 bridgehead atoms. The highest BCUT2D eigenvalue weighted by Crippen LogP contribution is 2.20. The van der Waals surface area contributed by atoms with E-state index in [1.165, 1.54) is 0 Å². The molecular formula is C21H31N3O3. The van der Waals surface area contributed by atoms with E-state index in [0.29, 0.717) is 36.8 Å². The maximum absolute atomic E-state index is 12.9. The van der Waals surface area contributed by atoms with Gasteiger partial charge in [-0.25, -0.2) is 0 Å². The summed E-state index contributed by atoms with van der Waals surface area (Å²) in [7, 11) is 0. The molecule has 6 heteroatoms. The van der Waals surface area contributed by atoms with E-state index in [9.17, 15) is 14.4 Å². The summed E-state index contributed by atoms with van der Waals surface area (Å²) >= 11 is 0. The third kappa shape index (κ3) is 6.08. The van der Waals surface area contributed by atoms with E-state index in [0.717, 1.165) is 12.8 Å². The Morgan fingerprint density at radius 1 is 1.19 bits per heavy atom. The Balaban J connectivity index is 2.02. The number of anilines is 1. The second-order valence-corrected chi connectivity index (χ2v) is 7.95. The maximum atomic E-state index is 12.9. The monoisotopic (exact) mass is 373 g/mol. The van der Waals surface area contributed by atoms with Crippen molar-refractivity contribution >= 4 is 23.4 Å². The molecule has 0 aliphatic carbocycles. The zero-order valence-electron chi connectivity index (χ0n) is 16.7. The standard InChI is InChI=1S/C21H31N3O3/c1-14(2)12-22-20(26)17-8-6-10-24(13-17)21(27)16-7-5-9-18(11-16)23-19(25)15(3)4/h5,7,9,11,14-15,17H,6,8,10,12-13H2,1-4H3,(H,22,26)(H,23,25). The van der Waals surface area contributed by atoms with Crippen molar-refractivity contribution in [2.75, 3.05) is 25.0 Å². The molecule has 1 aliphatic rings. The van der Waals surface area contributed by atoms with Crippen LogP contribution in [0.5, 0.6) is 0 Å². The molecule has 6 nitrogen and oxygen atoms in total. The van der Waals surface area contributed by atoms with E-state index in [2.05, 4.69) is 24.5 Å². The Hall–Kier alpha value is -2.37. The average Bonchev–Trinajstić information content (AvgIpc) is 2.65. The van der Waals surface area contributed by atoms with E-state index in [-0.39, 0.29) is 29.6 Å². The third-order valence-corrected chi connectivity index (χ3v) is 4.67. The molecule has 1 aromatic carbocycles. The molecule has 2 N–H and O–H groups in total. The van der Waals surface area contributed by atoms with Crippen LogP contribution in [0.3, 0.4) is 0 Å². The van der Waals surface area contributed by atoms with Crippen LogP contribution in [-0.2, 0) is 9.59 Å². The summed E-state index contributed by atoms with van der Waals surface area (Å²) < 4.78 is 0. The van der Waals surface area contributed by atoms with Gasteiger partial charge in [-0.1, -0.05) is 33.8 Å². The molecule has 0 spiro atoms. The Morgan fingerprint density at radius 2 is 1.93 bits per heavy atom. The molecule has 2 rings (SSSR count). The van der Waals surface area contributed by atoms with Crippen molar-refractivity contribution in [1.82, 2.24) is 10.2 Å². The van der Waals surface area contributed by atoms with Gasteiger partial charge in [0, 0.05) is 36.8 Å². The van der Waals surface area contributed by atoms with Gasteiger partial charge < -0.3 is 15.5 Å². The van der Waals surface area contributed by atoms with E-state index in [1.807, 2.05) is 13.8 Å². The highest BCUT2D eigenvalue weighted by molar-refractivity contribution is 5.97. The predicted octanol–water partition coefficient (Wildman–Crippen LogP) is 2.91. The van der Waals surface area contributed by atoms with Crippen LogP contribution in [0, 0.1) is 17.8 Å². The van der Waals surface area contributed by atoms with Crippen molar-refractivity contribution in [2.45, 2.75) is 40.5 Å². The molecular weight excluding hydrogens is 342 g/mol. The fourth-order valence-corrected chi connectivity index (χ4v) is 3.02. The Labute approximate surface area is 161 Å². The lowest BCUT2D eigenvalue weighted by molar-refractivity contribution is -0.126. The van der Waals surface area contributed by atoms with Gasteiger partial charge in [-0.2, -0.15) is 0 Å². The van der Waals surface area contributed by atoms with Crippen LogP contribution in [-0.4, -0.2) is 42.3 Å². The van der Waals surface area contributed by atoms with Gasteiger partial charge in [-0.3, -0.25) is 14.4 Å². The zero-order valence-corrected chi connectivity index (χ0v) is 16.7. The van der Waals surface area contributed by atoms with E-state index in [4.69, 9.17) is 0 Å².